The van der Waals surface area contributed by atoms with Crippen LogP contribution in [-0.4, -0.2) is 24.6 Å². The summed E-state index contributed by atoms with van der Waals surface area (Å²) < 4.78 is 6.58. The first-order valence-electron chi connectivity index (χ1n) is 8.87. The molecule has 0 spiro atoms. The molecule has 0 aliphatic heterocycles. The van der Waals surface area contributed by atoms with Crippen LogP contribution in [0.3, 0.4) is 0 Å². The third kappa shape index (κ3) is 6.85. The van der Waals surface area contributed by atoms with Crippen molar-refractivity contribution in [2.45, 2.75) is 0 Å². The minimum Gasteiger partial charge on any atom is -0.484 e. The Morgan fingerprint density at radius 3 is 2.47 bits per heavy atom. The Labute approximate surface area is 192 Å². The molecule has 8 heteroatoms. The van der Waals surface area contributed by atoms with Gasteiger partial charge in [-0.15, -0.1) is 0 Å². The summed E-state index contributed by atoms with van der Waals surface area (Å²) in [6.07, 6.45) is 1.51. The lowest BCUT2D eigenvalue weighted by molar-refractivity contribution is -0.118. The minimum absolute atomic E-state index is 0.102. The third-order valence-corrected chi connectivity index (χ3v) is 4.80. The van der Waals surface area contributed by atoms with E-state index in [2.05, 4.69) is 38.4 Å². The van der Waals surface area contributed by atoms with Gasteiger partial charge in [0.2, 0.25) is 0 Å². The van der Waals surface area contributed by atoms with Crippen LogP contribution < -0.4 is 15.5 Å². The molecule has 0 heterocycles. The average molecular weight is 534 g/mol. The van der Waals surface area contributed by atoms with E-state index in [0.29, 0.717) is 16.3 Å². The smallest absolute Gasteiger partial charge is 0.271 e. The molecule has 0 aromatic heterocycles. The van der Waals surface area contributed by atoms with Gasteiger partial charge in [0, 0.05) is 19.8 Å². The zero-order valence-corrected chi connectivity index (χ0v) is 18.6. The van der Waals surface area contributed by atoms with Crippen molar-refractivity contribution >= 4 is 57.9 Å². The molecule has 0 fully saturated rings. The molecule has 0 unspecified atom stereocenters. The van der Waals surface area contributed by atoms with Crippen molar-refractivity contribution in [3.63, 3.8) is 0 Å². The molecule has 3 rings (SSSR count). The standard InChI is InChI=1S/C22H17ClIN3O3/c23-17-3-1-2-16(12-17)22(29)27-25-13-15-4-10-20(11-5-15)30-14-21(28)26-19-8-6-18(24)7-9-19/h1-13H,14H2,(H,26,28)(H,27,29)/b25-13-. The summed E-state index contributed by atoms with van der Waals surface area (Å²) >= 11 is 8.07. The van der Waals surface area contributed by atoms with Crippen molar-refractivity contribution < 1.29 is 14.3 Å². The highest BCUT2D eigenvalue weighted by atomic mass is 127. The third-order valence-electron chi connectivity index (χ3n) is 3.84. The van der Waals surface area contributed by atoms with Crippen molar-refractivity contribution in [1.29, 1.82) is 0 Å². The highest BCUT2D eigenvalue weighted by molar-refractivity contribution is 14.1. The number of hydrazone groups is 1. The predicted octanol–water partition coefficient (Wildman–Crippen LogP) is 4.73. The molecule has 30 heavy (non-hydrogen) atoms. The number of carbonyl (C=O) groups excluding carboxylic acids is 2. The maximum atomic E-state index is 12.0. The number of benzene rings is 3. The largest absolute Gasteiger partial charge is 0.484 e. The fraction of sp³-hybridized carbons (Fsp3) is 0.0455. The summed E-state index contributed by atoms with van der Waals surface area (Å²) in [6.45, 7) is -0.102. The van der Waals surface area contributed by atoms with E-state index in [9.17, 15) is 9.59 Å². The maximum Gasteiger partial charge on any atom is 0.271 e. The lowest BCUT2D eigenvalue weighted by Crippen LogP contribution is -2.20. The van der Waals surface area contributed by atoms with Crippen molar-refractivity contribution in [2.75, 3.05) is 11.9 Å². The van der Waals surface area contributed by atoms with E-state index in [1.54, 1.807) is 48.5 Å². The quantitative estimate of drug-likeness (QED) is 0.262. The maximum absolute atomic E-state index is 12.0. The molecule has 3 aromatic carbocycles. The number of anilines is 1. The van der Waals surface area contributed by atoms with Gasteiger partial charge in [0.05, 0.1) is 6.21 Å². The summed E-state index contributed by atoms with van der Waals surface area (Å²) in [5.41, 5.74) is 4.35. The monoisotopic (exact) mass is 533 g/mol. The first-order chi connectivity index (χ1) is 14.5. The molecule has 152 valence electrons. The second kappa shape index (κ2) is 10.7. The highest BCUT2D eigenvalue weighted by Gasteiger charge is 2.05. The SMILES string of the molecule is O=C(COc1ccc(/C=N\NC(=O)c2cccc(Cl)c2)cc1)Nc1ccc(I)cc1. The molecule has 0 aliphatic rings. The molecule has 2 N–H and O–H groups in total. The molecule has 0 aliphatic carbocycles. The zero-order chi connectivity index (χ0) is 21.3. The van der Waals surface area contributed by atoms with Gasteiger partial charge >= 0.3 is 0 Å². The minimum atomic E-state index is -0.354. The average Bonchev–Trinajstić information content (AvgIpc) is 2.75. The van der Waals surface area contributed by atoms with Gasteiger partial charge in [-0.25, -0.2) is 5.43 Å². The molecule has 6 nitrogen and oxygen atoms in total. The number of hydrogen-bond donors (Lipinski definition) is 2. The second-order valence-corrected chi connectivity index (χ2v) is 7.80. The van der Waals surface area contributed by atoms with E-state index >= 15 is 0 Å². The highest BCUT2D eigenvalue weighted by Crippen LogP contribution is 2.13. The van der Waals surface area contributed by atoms with Gasteiger partial charge in [0.1, 0.15) is 5.75 Å². The number of hydrogen-bond acceptors (Lipinski definition) is 4. The number of rotatable bonds is 7. The molecule has 0 radical (unpaired) electrons. The summed E-state index contributed by atoms with van der Waals surface area (Å²) in [5, 5.41) is 7.18. The summed E-state index contributed by atoms with van der Waals surface area (Å²) in [6, 6.07) is 21.1. The van der Waals surface area contributed by atoms with E-state index in [0.717, 1.165) is 14.8 Å². The van der Waals surface area contributed by atoms with Crippen molar-refractivity contribution in [1.82, 2.24) is 5.43 Å². The fourth-order valence-electron chi connectivity index (χ4n) is 2.39. The predicted molar refractivity (Wildman–Crippen MR) is 126 cm³/mol. The molecule has 0 atom stereocenters. The Bertz CT molecular complexity index is 1050. The van der Waals surface area contributed by atoms with Crippen LogP contribution in [0.1, 0.15) is 15.9 Å². The number of ether oxygens (including phenoxy) is 1. The van der Waals surface area contributed by atoms with Gasteiger partial charge in [0.25, 0.3) is 11.8 Å². The van der Waals surface area contributed by atoms with E-state index in [4.69, 9.17) is 16.3 Å². The Hall–Kier alpha value is -2.91. The lowest BCUT2D eigenvalue weighted by Gasteiger charge is -2.08. The topological polar surface area (TPSA) is 79.8 Å². The fourth-order valence-corrected chi connectivity index (χ4v) is 2.94. The Morgan fingerprint density at radius 2 is 1.77 bits per heavy atom. The molecule has 0 saturated heterocycles. The molecule has 2 amide bonds. The van der Waals surface area contributed by atoms with Crippen LogP contribution in [0.25, 0.3) is 0 Å². The van der Waals surface area contributed by atoms with Crippen LogP contribution in [0, 0.1) is 3.57 Å². The molecular weight excluding hydrogens is 517 g/mol. The van der Waals surface area contributed by atoms with E-state index < -0.39 is 0 Å². The summed E-state index contributed by atoms with van der Waals surface area (Å²) in [4.78, 5) is 24.0. The van der Waals surface area contributed by atoms with Crippen molar-refractivity contribution in [3.8, 4) is 5.75 Å². The summed E-state index contributed by atoms with van der Waals surface area (Å²) in [5.74, 6) is -0.0497. The normalized spacial score (nSPS) is 10.6. The van der Waals surface area contributed by atoms with Gasteiger partial charge in [-0.2, -0.15) is 5.10 Å². The molecule has 3 aromatic rings. The van der Waals surface area contributed by atoms with Crippen LogP contribution in [0.5, 0.6) is 5.75 Å². The molecule has 0 bridgehead atoms. The van der Waals surface area contributed by atoms with Crippen LogP contribution in [-0.2, 0) is 4.79 Å². The zero-order valence-electron chi connectivity index (χ0n) is 15.6. The second-order valence-electron chi connectivity index (χ2n) is 6.12. The van der Waals surface area contributed by atoms with E-state index in [1.165, 1.54) is 6.21 Å². The van der Waals surface area contributed by atoms with Gasteiger partial charge < -0.3 is 10.1 Å². The van der Waals surface area contributed by atoms with Crippen molar-refractivity contribution in [2.24, 2.45) is 5.10 Å². The van der Waals surface area contributed by atoms with Gasteiger partial charge in [0.15, 0.2) is 6.61 Å². The number of nitrogens with zero attached hydrogens (tertiary/aromatic N) is 1. The first kappa shape index (κ1) is 21.8. The van der Waals surface area contributed by atoms with Crippen molar-refractivity contribution in [3.05, 3.63) is 92.5 Å². The van der Waals surface area contributed by atoms with Crippen LogP contribution in [0.4, 0.5) is 5.69 Å². The molecule has 0 saturated carbocycles. The van der Waals surface area contributed by atoms with Gasteiger partial charge in [-0.3, -0.25) is 9.59 Å². The number of halogens is 2. The van der Waals surface area contributed by atoms with E-state index in [-0.39, 0.29) is 18.4 Å². The first-order valence-corrected chi connectivity index (χ1v) is 10.3. The van der Waals surface area contributed by atoms with Gasteiger partial charge in [-0.1, -0.05) is 17.7 Å². The number of carbonyl (C=O) groups is 2. The molecular formula is C22H17ClIN3O3. The number of amides is 2. The number of nitrogens with one attached hydrogen (secondary N) is 2. The van der Waals surface area contributed by atoms with Crippen LogP contribution in [0.2, 0.25) is 5.02 Å². The van der Waals surface area contributed by atoms with Crippen LogP contribution in [0.15, 0.2) is 77.9 Å². The summed E-state index contributed by atoms with van der Waals surface area (Å²) in [7, 11) is 0. The van der Waals surface area contributed by atoms with E-state index in [1.807, 2.05) is 24.3 Å². The lowest BCUT2D eigenvalue weighted by atomic mass is 10.2. The Kier molecular flexibility index (Phi) is 7.81. The Morgan fingerprint density at radius 1 is 1.03 bits per heavy atom. The Balaban J connectivity index is 1.46. The van der Waals surface area contributed by atoms with Gasteiger partial charge in [-0.05, 0) is 94.9 Å². The van der Waals surface area contributed by atoms with Crippen LogP contribution >= 0.6 is 34.2 Å².